The highest BCUT2D eigenvalue weighted by Crippen LogP contribution is 2.31. The van der Waals surface area contributed by atoms with Crippen LogP contribution in [0.3, 0.4) is 0 Å². The molecule has 1 fully saturated rings. The number of amides is 2. The van der Waals surface area contributed by atoms with E-state index in [-0.39, 0.29) is 22.7 Å². The predicted molar refractivity (Wildman–Crippen MR) is 155 cm³/mol. The van der Waals surface area contributed by atoms with Crippen molar-refractivity contribution in [1.82, 2.24) is 19.8 Å². The van der Waals surface area contributed by atoms with E-state index in [9.17, 15) is 22.9 Å². The molecule has 43 heavy (non-hydrogen) atoms. The van der Waals surface area contributed by atoms with Gasteiger partial charge in [-0.25, -0.2) is 15.0 Å². The highest BCUT2D eigenvalue weighted by Gasteiger charge is 2.31. The second-order valence-electron chi connectivity index (χ2n) is 10.6. The fourth-order valence-electron chi connectivity index (χ4n) is 5.21. The van der Waals surface area contributed by atoms with E-state index in [2.05, 4.69) is 20.2 Å². The van der Waals surface area contributed by atoms with Crippen molar-refractivity contribution in [3.63, 3.8) is 0 Å². The molecule has 0 aliphatic carbocycles. The van der Waals surface area contributed by atoms with Gasteiger partial charge in [0, 0.05) is 61.3 Å². The smallest absolute Gasteiger partial charge is 0.342 e. The van der Waals surface area contributed by atoms with Crippen LogP contribution in [0.5, 0.6) is 0 Å². The van der Waals surface area contributed by atoms with Crippen LogP contribution in [0, 0.1) is 11.8 Å². The molecule has 1 aliphatic heterocycles. The summed E-state index contributed by atoms with van der Waals surface area (Å²) < 4.78 is 38.8. The summed E-state index contributed by atoms with van der Waals surface area (Å²) in [7, 11) is 0. The highest BCUT2D eigenvalue weighted by molar-refractivity contribution is 5.89. The van der Waals surface area contributed by atoms with Gasteiger partial charge in [-0.2, -0.15) is 13.2 Å². The summed E-state index contributed by atoms with van der Waals surface area (Å²) in [6.07, 6.45) is -2.95. The number of para-hydroxylation sites is 1. The molecule has 1 saturated heterocycles. The molecular weight excluding hydrogens is 561 g/mol. The summed E-state index contributed by atoms with van der Waals surface area (Å²) in [4.78, 5) is 36.4. The van der Waals surface area contributed by atoms with Gasteiger partial charge in [-0.3, -0.25) is 4.90 Å². The fraction of sp³-hybridized carbons (Fsp3) is 0.290. The average Bonchev–Trinajstić information content (AvgIpc) is 3.36. The van der Waals surface area contributed by atoms with Gasteiger partial charge < -0.3 is 15.2 Å². The number of carbonyl (C=O) groups is 1. The number of rotatable bonds is 8. The summed E-state index contributed by atoms with van der Waals surface area (Å²) >= 11 is 0. The van der Waals surface area contributed by atoms with Gasteiger partial charge in [-0.1, -0.05) is 42.5 Å². The molecule has 0 atom stereocenters. The van der Waals surface area contributed by atoms with Crippen LogP contribution in [0.15, 0.2) is 78.9 Å². The van der Waals surface area contributed by atoms with Crippen LogP contribution in [0.2, 0.25) is 0 Å². The Balaban J connectivity index is 1.25. The molecule has 2 heterocycles. The molecule has 224 valence electrons. The molecule has 12 heteroatoms. The van der Waals surface area contributed by atoms with E-state index in [4.69, 9.17) is 5.21 Å². The lowest BCUT2D eigenvalue weighted by atomic mass is 10.0. The van der Waals surface area contributed by atoms with Gasteiger partial charge in [0.05, 0.1) is 16.2 Å². The maximum Gasteiger partial charge on any atom is 0.416 e. The number of likely N-dealkylation sites (tertiary alicyclic amines) is 1. The normalized spacial score (nSPS) is 14.4. The third-order valence-corrected chi connectivity index (χ3v) is 7.64. The molecule has 0 saturated carbocycles. The van der Waals surface area contributed by atoms with Crippen LogP contribution < -0.4 is 5.32 Å². The van der Waals surface area contributed by atoms with Crippen LogP contribution in [-0.4, -0.2) is 55.1 Å². The number of aromatic nitrogens is 2. The number of piperidine rings is 1. The standard InChI is InChI=1S/C31H31F3N6O3/c1-21-28(37-29(35-21)23-9-11-24(12-10-23)31(32,33)34)20-38-17-15-26(16-18-38)39(30(41)36-25-5-3-2-4-6-25)19-22-7-13-27(14-8-22)40(42)43/h2-14,26H,15-20H2,1H3,(H2-,35,36,37,41,42,43)/p+1. The number of aromatic amines is 1. The van der Waals surface area contributed by atoms with Gasteiger partial charge in [0.25, 0.3) is 4.92 Å². The summed E-state index contributed by atoms with van der Waals surface area (Å²) in [6.45, 7) is 4.22. The lowest BCUT2D eigenvalue weighted by molar-refractivity contribution is -0.729. The van der Waals surface area contributed by atoms with E-state index in [0.717, 1.165) is 55.0 Å². The zero-order valence-electron chi connectivity index (χ0n) is 23.5. The molecule has 3 aromatic carbocycles. The summed E-state index contributed by atoms with van der Waals surface area (Å²) in [6, 6.07) is 20.3. The molecule has 0 unspecified atom stereocenters. The lowest BCUT2D eigenvalue weighted by Crippen LogP contribution is -2.48. The minimum Gasteiger partial charge on any atom is -0.342 e. The number of alkyl halides is 3. The number of imidazole rings is 1. The van der Waals surface area contributed by atoms with Crippen LogP contribution >= 0.6 is 0 Å². The number of urea groups is 1. The molecule has 0 radical (unpaired) electrons. The van der Waals surface area contributed by atoms with Crippen molar-refractivity contribution in [2.75, 3.05) is 18.4 Å². The number of carbonyl (C=O) groups excluding carboxylic acids is 1. The Morgan fingerprint density at radius 2 is 1.70 bits per heavy atom. The van der Waals surface area contributed by atoms with Crippen LogP contribution in [0.25, 0.3) is 11.4 Å². The van der Waals surface area contributed by atoms with E-state index in [1.807, 2.05) is 37.3 Å². The molecule has 3 N–H and O–H groups in total. The largest absolute Gasteiger partial charge is 0.416 e. The molecule has 9 nitrogen and oxygen atoms in total. The van der Waals surface area contributed by atoms with Crippen molar-refractivity contribution in [2.24, 2.45) is 0 Å². The van der Waals surface area contributed by atoms with Gasteiger partial charge in [-0.15, -0.1) is 0 Å². The molecule has 1 aromatic heterocycles. The minimum atomic E-state index is -4.39. The first-order valence-electron chi connectivity index (χ1n) is 13.9. The molecule has 5 rings (SSSR count). The van der Waals surface area contributed by atoms with E-state index in [0.29, 0.717) is 30.2 Å². The summed E-state index contributed by atoms with van der Waals surface area (Å²) in [5.74, 6) is 0.521. The number of benzene rings is 3. The minimum absolute atomic E-state index is 0.0449. The maximum absolute atomic E-state index is 13.4. The van der Waals surface area contributed by atoms with Crippen LogP contribution in [0.1, 0.15) is 35.4 Å². The molecular formula is C31H32F3N6O3+. The van der Waals surface area contributed by atoms with E-state index >= 15 is 0 Å². The second-order valence-corrected chi connectivity index (χ2v) is 10.6. The number of nitrogens with one attached hydrogen (secondary N) is 2. The topological polar surface area (TPSA) is 105 Å². The molecule has 4 aromatic rings. The second kappa shape index (κ2) is 12.7. The highest BCUT2D eigenvalue weighted by atomic mass is 19.4. The zero-order chi connectivity index (χ0) is 30.6. The van der Waals surface area contributed by atoms with Crippen molar-refractivity contribution >= 4 is 17.4 Å². The van der Waals surface area contributed by atoms with Gasteiger partial charge in [0.1, 0.15) is 5.82 Å². The summed E-state index contributed by atoms with van der Waals surface area (Å²) in [5.41, 5.74) is 3.16. The van der Waals surface area contributed by atoms with Crippen molar-refractivity contribution in [3.05, 3.63) is 106 Å². The van der Waals surface area contributed by atoms with E-state index in [1.54, 1.807) is 17.0 Å². The number of nitrogens with zero attached hydrogens (tertiary/aromatic N) is 4. The number of hydrogen-bond acceptors (Lipinski definition) is 4. The number of halogens is 3. The monoisotopic (exact) mass is 593 g/mol. The first-order valence-corrected chi connectivity index (χ1v) is 13.9. The number of anilines is 1. The van der Waals surface area contributed by atoms with Crippen molar-refractivity contribution in [2.45, 2.75) is 45.1 Å². The molecule has 0 spiro atoms. The average molecular weight is 594 g/mol. The van der Waals surface area contributed by atoms with E-state index < -0.39 is 11.7 Å². The Morgan fingerprint density at radius 1 is 1.05 bits per heavy atom. The molecule has 2 amide bonds. The van der Waals surface area contributed by atoms with Gasteiger partial charge in [-0.05, 0) is 49.6 Å². The van der Waals surface area contributed by atoms with Gasteiger partial charge in [0.15, 0.2) is 0 Å². The summed E-state index contributed by atoms with van der Waals surface area (Å²) in [5, 5.41) is 12.1. The Morgan fingerprint density at radius 3 is 2.30 bits per heavy atom. The molecule has 0 bridgehead atoms. The first-order chi connectivity index (χ1) is 20.6. The Bertz CT molecular complexity index is 1550. The van der Waals surface area contributed by atoms with Gasteiger partial charge >= 0.3 is 17.9 Å². The fourth-order valence-corrected chi connectivity index (χ4v) is 5.21. The predicted octanol–water partition coefficient (Wildman–Crippen LogP) is 6.90. The number of aryl methyl sites for hydroxylation is 1. The third-order valence-electron chi connectivity index (χ3n) is 7.64. The van der Waals surface area contributed by atoms with E-state index in [1.165, 1.54) is 24.3 Å². The SMILES string of the molecule is Cc1[nH]c(-c2ccc(C(F)(F)F)cc2)nc1CN1CCC(N(Cc2ccc([N+](=O)O)cc2)C(=O)Nc2ccccc2)CC1. The Hall–Kier alpha value is -4.71. The Kier molecular flexibility index (Phi) is 8.76. The number of H-pyrrole nitrogens is 1. The van der Waals surface area contributed by atoms with Gasteiger partial charge in [0.2, 0.25) is 0 Å². The lowest BCUT2D eigenvalue weighted by Gasteiger charge is -2.38. The maximum atomic E-state index is 13.4. The number of hydrogen-bond donors (Lipinski definition) is 3. The molecule has 1 aliphatic rings. The quantitative estimate of drug-likeness (QED) is 0.193. The van der Waals surface area contributed by atoms with Crippen molar-refractivity contribution in [3.8, 4) is 11.4 Å². The third kappa shape index (κ3) is 7.39. The zero-order valence-corrected chi connectivity index (χ0v) is 23.5. The van der Waals surface area contributed by atoms with Crippen LogP contribution in [-0.2, 0) is 19.3 Å². The van der Waals surface area contributed by atoms with Crippen molar-refractivity contribution < 1.29 is 28.1 Å². The first kappa shape index (κ1) is 29.8. The van der Waals surface area contributed by atoms with Crippen molar-refractivity contribution in [1.29, 1.82) is 0 Å². The Labute approximate surface area is 246 Å². The van der Waals surface area contributed by atoms with Crippen LogP contribution in [0.4, 0.5) is 29.3 Å².